The molecule has 1 aromatic heterocycles. The minimum Gasteiger partial charge on any atom is -0.334 e. The van der Waals surface area contributed by atoms with E-state index >= 15 is 0 Å². The first-order valence-electron chi connectivity index (χ1n) is 9.03. The SMILES string of the molecule is O=C(NCc1csc2ccccc12)N1CCCC(N2CCCC2)C1. The molecule has 3 heterocycles. The first-order valence-corrected chi connectivity index (χ1v) is 9.91. The van der Waals surface area contributed by atoms with Crippen molar-refractivity contribution in [2.24, 2.45) is 0 Å². The first-order chi connectivity index (χ1) is 11.8. The summed E-state index contributed by atoms with van der Waals surface area (Å²) < 4.78 is 1.29. The van der Waals surface area contributed by atoms with E-state index in [0.29, 0.717) is 12.6 Å². The van der Waals surface area contributed by atoms with E-state index in [1.54, 1.807) is 11.3 Å². The van der Waals surface area contributed by atoms with Crippen LogP contribution in [0.5, 0.6) is 0 Å². The molecule has 1 aromatic carbocycles. The van der Waals surface area contributed by atoms with Crippen molar-refractivity contribution >= 4 is 27.5 Å². The van der Waals surface area contributed by atoms with Gasteiger partial charge in [-0.15, -0.1) is 11.3 Å². The average molecular weight is 343 g/mol. The van der Waals surface area contributed by atoms with E-state index in [-0.39, 0.29) is 6.03 Å². The number of urea groups is 1. The number of carbonyl (C=O) groups is 1. The third-order valence-electron chi connectivity index (χ3n) is 5.33. The van der Waals surface area contributed by atoms with Crippen LogP contribution in [0.3, 0.4) is 0 Å². The Bertz CT molecular complexity index is 707. The number of nitrogens with one attached hydrogen (secondary N) is 1. The van der Waals surface area contributed by atoms with Crippen LogP contribution < -0.4 is 5.32 Å². The molecule has 2 aromatic rings. The molecule has 2 aliphatic heterocycles. The summed E-state index contributed by atoms with van der Waals surface area (Å²) in [6, 6.07) is 9.05. The summed E-state index contributed by atoms with van der Waals surface area (Å²) in [6.07, 6.45) is 4.98. The molecule has 2 fully saturated rings. The highest BCUT2D eigenvalue weighted by atomic mass is 32.1. The lowest BCUT2D eigenvalue weighted by Gasteiger charge is -2.37. The quantitative estimate of drug-likeness (QED) is 0.923. The summed E-state index contributed by atoms with van der Waals surface area (Å²) in [5.41, 5.74) is 1.22. The summed E-state index contributed by atoms with van der Waals surface area (Å²) in [4.78, 5) is 17.2. The number of likely N-dealkylation sites (tertiary alicyclic amines) is 2. The van der Waals surface area contributed by atoms with Crippen LogP contribution in [-0.2, 0) is 6.54 Å². The Balaban J connectivity index is 1.35. The number of hydrogen-bond donors (Lipinski definition) is 1. The Kier molecular flexibility index (Phi) is 4.72. The van der Waals surface area contributed by atoms with Crippen molar-refractivity contribution in [1.82, 2.24) is 15.1 Å². The van der Waals surface area contributed by atoms with Crippen molar-refractivity contribution in [2.75, 3.05) is 26.2 Å². The molecule has 0 bridgehead atoms. The Labute approximate surface area is 147 Å². The molecule has 4 rings (SSSR count). The highest BCUT2D eigenvalue weighted by molar-refractivity contribution is 7.17. The van der Waals surface area contributed by atoms with Gasteiger partial charge in [-0.05, 0) is 61.2 Å². The second-order valence-corrected chi connectivity index (χ2v) is 7.81. The van der Waals surface area contributed by atoms with E-state index in [9.17, 15) is 4.79 Å². The van der Waals surface area contributed by atoms with Gasteiger partial charge in [0.2, 0.25) is 0 Å². The minimum absolute atomic E-state index is 0.0918. The van der Waals surface area contributed by atoms with Crippen LogP contribution in [0.1, 0.15) is 31.2 Å². The molecule has 0 radical (unpaired) electrons. The van der Waals surface area contributed by atoms with Crippen LogP contribution in [0.4, 0.5) is 4.79 Å². The zero-order valence-electron chi connectivity index (χ0n) is 14.0. The zero-order valence-corrected chi connectivity index (χ0v) is 14.9. The summed E-state index contributed by atoms with van der Waals surface area (Å²) in [6.45, 7) is 4.81. The lowest BCUT2D eigenvalue weighted by Crippen LogP contribution is -2.51. The van der Waals surface area contributed by atoms with E-state index in [1.807, 2.05) is 4.90 Å². The largest absolute Gasteiger partial charge is 0.334 e. The third kappa shape index (κ3) is 3.28. The fourth-order valence-corrected chi connectivity index (χ4v) is 4.96. The molecular weight excluding hydrogens is 318 g/mol. The van der Waals surface area contributed by atoms with Gasteiger partial charge in [0.15, 0.2) is 0 Å². The summed E-state index contributed by atoms with van der Waals surface area (Å²) in [5.74, 6) is 0. The number of benzene rings is 1. The molecule has 1 atom stereocenters. The Morgan fingerprint density at radius 3 is 2.88 bits per heavy atom. The summed E-state index contributed by atoms with van der Waals surface area (Å²) in [5, 5.41) is 6.55. The monoisotopic (exact) mass is 343 g/mol. The molecule has 1 unspecified atom stereocenters. The predicted molar refractivity (Wildman–Crippen MR) is 99.5 cm³/mol. The van der Waals surface area contributed by atoms with E-state index in [1.165, 1.54) is 48.0 Å². The van der Waals surface area contributed by atoms with Gasteiger partial charge in [0.25, 0.3) is 0 Å². The summed E-state index contributed by atoms with van der Waals surface area (Å²) >= 11 is 1.75. The molecule has 0 spiro atoms. The Morgan fingerprint density at radius 1 is 1.17 bits per heavy atom. The topological polar surface area (TPSA) is 35.6 Å². The molecule has 24 heavy (non-hydrogen) atoms. The number of carbonyl (C=O) groups excluding carboxylic acids is 1. The molecule has 2 saturated heterocycles. The van der Waals surface area contributed by atoms with Crippen LogP contribution >= 0.6 is 11.3 Å². The van der Waals surface area contributed by atoms with Gasteiger partial charge in [-0.1, -0.05) is 18.2 Å². The van der Waals surface area contributed by atoms with Crippen LogP contribution in [0.25, 0.3) is 10.1 Å². The Hall–Kier alpha value is -1.59. The van der Waals surface area contributed by atoms with Gasteiger partial charge in [-0.25, -0.2) is 4.79 Å². The fourth-order valence-electron chi connectivity index (χ4n) is 4.00. The second kappa shape index (κ2) is 7.11. The van der Waals surface area contributed by atoms with Gasteiger partial charge < -0.3 is 10.2 Å². The number of amides is 2. The smallest absolute Gasteiger partial charge is 0.317 e. The molecule has 4 nitrogen and oxygen atoms in total. The predicted octanol–water partition coefficient (Wildman–Crippen LogP) is 3.67. The Morgan fingerprint density at radius 2 is 2.00 bits per heavy atom. The number of piperidine rings is 1. The minimum atomic E-state index is 0.0918. The van der Waals surface area contributed by atoms with Gasteiger partial charge >= 0.3 is 6.03 Å². The van der Waals surface area contributed by atoms with Gasteiger partial charge in [-0.2, -0.15) is 0 Å². The average Bonchev–Trinajstić information content (AvgIpc) is 3.30. The highest BCUT2D eigenvalue weighted by Crippen LogP contribution is 2.25. The van der Waals surface area contributed by atoms with Crippen molar-refractivity contribution in [3.63, 3.8) is 0 Å². The van der Waals surface area contributed by atoms with Gasteiger partial charge in [-0.3, -0.25) is 4.90 Å². The molecular formula is C19H25N3OS. The maximum atomic E-state index is 12.6. The van der Waals surface area contributed by atoms with Crippen molar-refractivity contribution in [1.29, 1.82) is 0 Å². The van der Waals surface area contributed by atoms with Crippen LogP contribution in [0.2, 0.25) is 0 Å². The van der Waals surface area contributed by atoms with Crippen LogP contribution in [0.15, 0.2) is 29.6 Å². The summed E-state index contributed by atoms with van der Waals surface area (Å²) in [7, 11) is 0. The molecule has 128 valence electrons. The lowest BCUT2D eigenvalue weighted by atomic mass is 10.0. The lowest BCUT2D eigenvalue weighted by molar-refractivity contribution is 0.125. The molecule has 2 aliphatic rings. The van der Waals surface area contributed by atoms with E-state index < -0.39 is 0 Å². The third-order valence-corrected chi connectivity index (χ3v) is 6.34. The normalized spacial score (nSPS) is 22.2. The molecule has 0 saturated carbocycles. The maximum Gasteiger partial charge on any atom is 0.317 e. The van der Waals surface area contributed by atoms with Gasteiger partial charge in [0.1, 0.15) is 0 Å². The van der Waals surface area contributed by atoms with Crippen LogP contribution in [-0.4, -0.2) is 48.1 Å². The second-order valence-electron chi connectivity index (χ2n) is 6.90. The van der Waals surface area contributed by atoms with Gasteiger partial charge in [0, 0.05) is 30.4 Å². The van der Waals surface area contributed by atoms with Crippen LogP contribution in [0, 0.1) is 0 Å². The number of hydrogen-bond acceptors (Lipinski definition) is 3. The van der Waals surface area contributed by atoms with Crippen molar-refractivity contribution in [3.05, 3.63) is 35.2 Å². The standard InChI is InChI=1S/C19H25N3OS/c23-19(20-12-15-14-24-18-8-2-1-7-17(15)18)22-11-5-6-16(13-22)21-9-3-4-10-21/h1-2,7-8,14,16H,3-6,9-13H2,(H,20,23). The van der Waals surface area contributed by atoms with E-state index in [0.717, 1.165) is 19.5 Å². The number of thiophene rings is 1. The van der Waals surface area contributed by atoms with Gasteiger partial charge in [0.05, 0.1) is 0 Å². The molecule has 2 amide bonds. The van der Waals surface area contributed by atoms with Crippen molar-refractivity contribution < 1.29 is 4.79 Å². The molecule has 0 aliphatic carbocycles. The number of nitrogens with zero attached hydrogens (tertiary/aromatic N) is 2. The van der Waals surface area contributed by atoms with E-state index in [4.69, 9.17) is 0 Å². The van der Waals surface area contributed by atoms with E-state index in [2.05, 4.69) is 39.9 Å². The van der Waals surface area contributed by atoms with Crippen molar-refractivity contribution in [2.45, 2.75) is 38.3 Å². The number of fused-ring (bicyclic) bond motifs is 1. The molecule has 1 N–H and O–H groups in total. The van der Waals surface area contributed by atoms with Crippen molar-refractivity contribution in [3.8, 4) is 0 Å². The number of rotatable bonds is 3. The maximum absolute atomic E-state index is 12.6. The first kappa shape index (κ1) is 15.9. The molecule has 5 heteroatoms. The zero-order chi connectivity index (χ0) is 16.4. The fraction of sp³-hybridized carbons (Fsp3) is 0.526. The highest BCUT2D eigenvalue weighted by Gasteiger charge is 2.29.